The molecule has 112 valence electrons. The fourth-order valence-electron chi connectivity index (χ4n) is 2.52. The van der Waals surface area contributed by atoms with Gasteiger partial charge in [-0.3, -0.25) is 0 Å². The second-order valence-corrected chi connectivity index (χ2v) is 6.49. The Kier molecular flexibility index (Phi) is 5.97. The van der Waals surface area contributed by atoms with E-state index in [-0.39, 0.29) is 6.04 Å². The van der Waals surface area contributed by atoms with Crippen LogP contribution in [0.15, 0.2) is 59.1 Å². The molecule has 0 fully saturated rings. The van der Waals surface area contributed by atoms with E-state index in [1.165, 1.54) is 11.1 Å². The first-order chi connectivity index (χ1) is 10.1. The third-order valence-electron chi connectivity index (χ3n) is 3.57. The van der Waals surface area contributed by atoms with E-state index in [1.807, 2.05) is 0 Å². The van der Waals surface area contributed by atoms with Crippen LogP contribution in [0, 0.1) is 0 Å². The lowest BCUT2D eigenvalue weighted by molar-refractivity contribution is 0.325. The van der Waals surface area contributed by atoms with Crippen molar-refractivity contribution in [3.8, 4) is 0 Å². The average Bonchev–Trinajstić information content (AvgIpc) is 2.47. The molecule has 2 unspecified atom stereocenters. The van der Waals surface area contributed by atoms with Crippen molar-refractivity contribution >= 4 is 15.9 Å². The number of halogens is 1. The van der Waals surface area contributed by atoms with Crippen LogP contribution in [-0.2, 0) is 0 Å². The highest BCUT2D eigenvalue weighted by Gasteiger charge is 2.17. The van der Waals surface area contributed by atoms with E-state index >= 15 is 0 Å². The van der Waals surface area contributed by atoms with Crippen LogP contribution in [0.1, 0.15) is 30.1 Å². The summed E-state index contributed by atoms with van der Waals surface area (Å²) in [5, 5.41) is 3.75. The van der Waals surface area contributed by atoms with E-state index in [9.17, 15) is 0 Å². The predicted octanol–water partition coefficient (Wildman–Crippen LogP) is 4.40. The maximum atomic E-state index is 3.75. The summed E-state index contributed by atoms with van der Waals surface area (Å²) < 4.78 is 1.15. The van der Waals surface area contributed by atoms with Crippen molar-refractivity contribution < 1.29 is 0 Å². The minimum Gasteiger partial charge on any atom is -0.308 e. The molecule has 0 aliphatic carbocycles. The van der Waals surface area contributed by atoms with Crippen LogP contribution in [0.3, 0.4) is 0 Å². The lowest BCUT2D eigenvalue weighted by Gasteiger charge is -2.27. The molecule has 0 aliphatic rings. The molecule has 2 rings (SSSR count). The largest absolute Gasteiger partial charge is 0.308 e. The van der Waals surface area contributed by atoms with Gasteiger partial charge < -0.3 is 10.2 Å². The maximum Gasteiger partial charge on any atom is 0.0453 e. The van der Waals surface area contributed by atoms with Gasteiger partial charge in [0.05, 0.1) is 0 Å². The monoisotopic (exact) mass is 346 g/mol. The highest BCUT2D eigenvalue weighted by atomic mass is 79.9. The molecule has 1 N–H and O–H groups in total. The van der Waals surface area contributed by atoms with Gasteiger partial charge in [-0.25, -0.2) is 0 Å². The maximum absolute atomic E-state index is 3.75. The van der Waals surface area contributed by atoms with Crippen LogP contribution in [0.5, 0.6) is 0 Å². The Morgan fingerprint density at radius 2 is 1.62 bits per heavy atom. The highest BCUT2D eigenvalue weighted by molar-refractivity contribution is 9.10. The Hall–Kier alpha value is -1.16. The molecule has 0 amide bonds. The highest BCUT2D eigenvalue weighted by Crippen LogP contribution is 2.25. The summed E-state index contributed by atoms with van der Waals surface area (Å²) in [5.41, 5.74) is 2.61. The van der Waals surface area contributed by atoms with Gasteiger partial charge >= 0.3 is 0 Å². The van der Waals surface area contributed by atoms with E-state index in [1.54, 1.807) is 0 Å². The molecule has 2 aromatic carbocycles. The van der Waals surface area contributed by atoms with Crippen LogP contribution in [0.25, 0.3) is 0 Å². The van der Waals surface area contributed by atoms with Crippen molar-refractivity contribution in [1.29, 1.82) is 0 Å². The van der Waals surface area contributed by atoms with E-state index in [4.69, 9.17) is 0 Å². The second-order valence-electron chi connectivity index (χ2n) is 5.64. The molecule has 2 aromatic rings. The summed E-state index contributed by atoms with van der Waals surface area (Å²) in [6.45, 7) is 3.19. The summed E-state index contributed by atoms with van der Waals surface area (Å²) in [5.74, 6) is 0. The van der Waals surface area contributed by atoms with Crippen LogP contribution < -0.4 is 5.32 Å². The smallest absolute Gasteiger partial charge is 0.0453 e. The number of hydrogen-bond donors (Lipinski definition) is 1. The van der Waals surface area contributed by atoms with Crippen molar-refractivity contribution in [1.82, 2.24) is 10.2 Å². The van der Waals surface area contributed by atoms with Crippen LogP contribution >= 0.6 is 15.9 Å². The van der Waals surface area contributed by atoms with Crippen molar-refractivity contribution in [3.05, 3.63) is 70.2 Å². The SMILES string of the molecule is CC(NC(CN(C)C)c1ccccc1)c1ccccc1Br. The number of likely N-dealkylation sites (N-methyl/N-ethyl adjacent to an activating group) is 1. The molecular formula is C18H23BrN2. The van der Waals surface area contributed by atoms with Gasteiger partial charge in [-0.15, -0.1) is 0 Å². The number of benzene rings is 2. The Bertz CT molecular complexity index is 554. The minimum atomic E-state index is 0.283. The van der Waals surface area contributed by atoms with Gasteiger partial charge in [0.15, 0.2) is 0 Å². The number of rotatable bonds is 6. The minimum absolute atomic E-state index is 0.283. The Labute approximate surface area is 136 Å². The summed E-state index contributed by atoms with van der Waals surface area (Å²) in [6.07, 6.45) is 0. The van der Waals surface area contributed by atoms with E-state index < -0.39 is 0 Å². The molecule has 0 heterocycles. The van der Waals surface area contributed by atoms with Crippen molar-refractivity contribution in [2.75, 3.05) is 20.6 Å². The zero-order valence-electron chi connectivity index (χ0n) is 12.9. The van der Waals surface area contributed by atoms with E-state index in [0.29, 0.717) is 6.04 Å². The molecule has 2 atom stereocenters. The zero-order chi connectivity index (χ0) is 15.2. The molecule has 0 saturated heterocycles. The summed E-state index contributed by atoms with van der Waals surface area (Å²) in [7, 11) is 4.22. The lowest BCUT2D eigenvalue weighted by atomic mass is 10.0. The Balaban J connectivity index is 2.17. The third-order valence-corrected chi connectivity index (χ3v) is 4.29. The van der Waals surface area contributed by atoms with Gasteiger partial charge in [0.1, 0.15) is 0 Å². The van der Waals surface area contributed by atoms with Crippen molar-refractivity contribution in [2.24, 2.45) is 0 Å². The van der Waals surface area contributed by atoms with Gasteiger partial charge in [0.25, 0.3) is 0 Å². The number of nitrogens with zero attached hydrogens (tertiary/aromatic N) is 1. The topological polar surface area (TPSA) is 15.3 Å². The van der Waals surface area contributed by atoms with Gasteiger partial charge in [0, 0.05) is 23.1 Å². The summed E-state index contributed by atoms with van der Waals surface area (Å²) >= 11 is 3.64. The third kappa shape index (κ3) is 4.67. The van der Waals surface area contributed by atoms with Crippen LogP contribution in [0.4, 0.5) is 0 Å². The molecule has 21 heavy (non-hydrogen) atoms. The molecule has 0 bridgehead atoms. The summed E-state index contributed by atoms with van der Waals surface area (Å²) in [4.78, 5) is 2.22. The predicted molar refractivity (Wildman–Crippen MR) is 93.4 cm³/mol. The Morgan fingerprint density at radius 3 is 2.24 bits per heavy atom. The fraction of sp³-hybridized carbons (Fsp3) is 0.333. The number of hydrogen-bond acceptors (Lipinski definition) is 2. The first kappa shape index (κ1) is 16.2. The number of nitrogens with one attached hydrogen (secondary N) is 1. The lowest BCUT2D eigenvalue weighted by Crippen LogP contribution is -2.33. The molecule has 0 spiro atoms. The van der Waals surface area contributed by atoms with E-state index in [0.717, 1.165) is 11.0 Å². The standard InChI is InChI=1S/C18H23BrN2/c1-14(16-11-7-8-12-17(16)19)20-18(13-21(2)3)15-9-5-4-6-10-15/h4-12,14,18,20H,13H2,1-3H3. The normalized spacial score (nSPS) is 14.1. The van der Waals surface area contributed by atoms with Gasteiger partial charge in [-0.1, -0.05) is 64.5 Å². The van der Waals surface area contributed by atoms with Crippen LogP contribution in [-0.4, -0.2) is 25.5 Å². The fourth-order valence-corrected chi connectivity index (χ4v) is 3.15. The van der Waals surface area contributed by atoms with Crippen molar-refractivity contribution in [2.45, 2.75) is 19.0 Å². The summed E-state index contributed by atoms with van der Waals surface area (Å²) in [6, 6.07) is 19.6. The van der Waals surface area contributed by atoms with Gasteiger partial charge in [-0.2, -0.15) is 0 Å². The molecule has 0 aromatic heterocycles. The molecule has 0 aliphatic heterocycles. The molecule has 2 nitrogen and oxygen atoms in total. The first-order valence-corrected chi connectivity index (χ1v) is 8.07. The molecular weight excluding hydrogens is 324 g/mol. The van der Waals surface area contributed by atoms with Gasteiger partial charge in [-0.05, 0) is 38.2 Å². The quantitative estimate of drug-likeness (QED) is 0.833. The average molecular weight is 347 g/mol. The first-order valence-electron chi connectivity index (χ1n) is 7.28. The molecule has 3 heteroatoms. The Morgan fingerprint density at radius 1 is 1.00 bits per heavy atom. The van der Waals surface area contributed by atoms with Gasteiger partial charge in [0.2, 0.25) is 0 Å². The van der Waals surface area contributed by atoms with Crippen LogP contribution in [0.2, 0.25) is 0 Å². The molecule has 0 saturated carbocycles. The molecule has 0 radical (unpaired) electrons. The van der Waals surface area contributed by atoms with E-state index in [2.05, 4.69) is 102 Å². The van der Waals surface area contributed by atoms with Crippen molar-refractivity contribution in [3.63, 3.8) is 0 Å². The zero-order valence-corrected chi connectivity index (χ0v) is 14.5. The second kappa shape index (κ2) is 7.74.